The molecule has 19 heavy (non-hydrogen) atoms. The van der Waals surface area contributed by atoms with Gasteiger partial charge in [0.05, 0.1) is 9.50 Å². The van der Waals surface area contributed by atoms with Gasteiger partial charge in [0.1, 0.15) is 17.9 Å². The lowest BCUT2D eigenvalue weighted by Gasteiger charge is -2.11. The smallest absolute Gasteiger partial charge is 0.339 e. The zero-order valence-electron chi connectivity index (χ0n) is 9.64. The van der Waals surface area contributed by atoms with Crippen LogP contribution in [0.15, 0.2) is 41.1 Å². The van der Waals surface area contributed by atoms with Gasteiger partial charge in [-0.25, -0.2) is 4.79 Å². The molecule has 0 spiro atoms. The summed E-state index contributed by atoms with van der Waals surface area (Å²) in [5.41, 5.74) is 0.836. The predicted octanol–water partition coefficient (Wildman–Crippen LogP) is 3.77. The van der Waals surface area contributed by atoms with Gasteiger partial charge >= 0.3 is 5.97 Å². The zero-order chi connectivity index (χ0) is 13.8. The molecule has 2 rings (SSSR count). The summed E-state index contributed by atoms with van der Waals surface area (Å²) in [6, 6.07) is 6.56. The van der Waals surface area contributed by atoms with Crippen molar-refractivity contribution in [3.05, 3.63) is 57.3 Å². The molecule has 1 heterocycles. The third kappa shape index (κ3) is 3.24. The Hall–Kier alpha value is -1.59. The van der Waals surface area contributed by atoms with Gasteiger partial charge in [-0.2, -0.15) is 0 Å². The van der Waals surface area contributed by atoms with Crippen molar-refractivity contribution < 1.29 is 14.6 Å². The second-order valence-corrected chi connectivity index (χ2v) is 4.94. The summed E-state index contributed by atoms with van der Waals surface area (Å²) in [5, 5.41) is 9.58. The molecule has 0 aliphatic carbocycles. The molecular weight excluding hydrogens is 334 g/mol. The molecule has 0 amide bonds. The first-order valence-corrected chi connectivity index (χ1v) is 6.49. The predicted molar refractivity (Wildman–Crippen MR) is 74.7 cm³/mol. The number of aromatic nitrogens is 1. The van der Waals surface area contributed by atoms with E-state index in [2.05, 4.69) is 20.9 Å². The van der Waals surface area contributed by atoms with Crippen molar-refractivity contribution in [3.63, 3.8) is 0 Å². The molecule has 0 saturated heterocycles. The Balaban J connectivity index is 2.25. The first kappa shape index (κ1) is 13.8. The summed E-state index contributed by atoms with van der Waals surface area (Å²) < 4.78 is 6.14. The molecule has 0 atom stereocenters. The molecule has 2 aromatic rings. The van der Waals surface area contributed by atoms with Crippen LogP contribution in [0.3, 0.4) is 0 Å². The number of benzene rings is 1. The average molecular weight is 343 g/mol. The third-order valence-electron chi connectivity index (χ3n) is 2.43. The van der Waals surface area contributed by atoms with E-state index in [0.29, 0.717) is 9.50 Å². The van der Waals surface area contributed by atoms with Gasteiger partial charge < -0.3 is 9.84 Å². The van der Waals surface area contributed by atoms with Crippen LogP contribution in [0.4, 0.5) is 0 Å². The minimum atomic E-state index is -1.04. The molecule has 0 bridgehead atoms. The molecule has 0 fully saturated rings. The van der Waals surface area contributed by atoms with Gasteiger partial charge in [0.25, 0.3) is 0 Å². The maximum absolute atomic E-state index is 11.1. The summed E-state index contributed by atoms with van der Waals surface area (Å²) in [6.45, 7) is 0.171. The van der Waals surface area contributed by atoms with Crippen LogP contribution >= 0.6 is 27.5 Å². The molecule has 1 aromatic heterocycles. The van der Waals surface area contributed by atoms with Crippen molar-refractivity contribution in [2.24, 2.45) is 0 Å². The van der Waals surface area contributed by atoms with Crippen molar-refractivity contribution in [2.75, 3.05) is 0 Å². The van der Waals surface area contributed by atoms with E-state index in [4.69, 9.17) is 21.4 Å². The summed E-state index contributed by atoms with van der Waals surface area (Å²) in [4.78, 5) is 15.0. The maximum atomic E-state index is 11.1. The van der Waals surface area contributed by atoms with Crippen LogP contribution < -0.4 is 4.74 Å². The van der Waals surface area contributed by atoms with Gasteiger partial charge in [0, 0.05) is 18.0 Å². The van der Waals surface area contributed by atoms with Crippen LogP contribution in [0, 0.1) is 0 Å². The van der Waals surface area contributed by atoms with Crippen molar-refractivity contribution in [3.8, 4) is 5.75 Å². The number of halogens is 2. The summed E-state index contributed by atoms with van der Waals surface area (Å²) in [5.74, 6) is -0.764. The lowest BCUT2D eigenvalue weighted by Crippen LogP contribution is -2.04. The van der Waals surface area contributed by atoms with Gasteiger partial charge in [-0.1, -0.05) is 17.7 Å². The standard InChI is InChI=1S/C13H9BrClNO3/c14-10-3-1-2-9(13(17)18)12(10)19-7-8-4-5-16-6-11(8)15/h1-6H,7H2,(H,17,18). The minimum absolute atomic E-state index is 0.0968. The van der Waals surface area contributed by atoms with Crippen molar-refractivity contribution in [2.45, 2.75) is 6.61 Å². The lowest BCUT2D eigenvalue weighted by atomic mass is 10.2. The minimum Gasteiger partial charge on any atom is -0.487 e. The second-order valence-electron chi connectivity index (χ2n) is 3.68. The van der Waals surface area contributed by atoms with Gasteiger partial charge in [0.2, 0.25) is 0 Å². The van der Waals surface area contributed by atoms with Gasteiger partial charge in [-0.3, -0.25) is 4.98 Å². The van der Waals surface area contributed by atoms with E-state index in [1.165, 1.54) is 12.3 Å². The lowest BCUT2D eigenvalue weighted by molar-refractivity contribution is 0.0691. The first-order chi connectivity index (χ1) is 9.09. The molecule has 1 N–H and O–H groups in total. The van der Waals surface area contributed by atoms with Crippen LogP contribution in [0.2, 0.25) is 5.02 Å². The van der Waals surface area contributed by atoms with E-state index >= 15 is 0 Å². The van der Waals surface area contributed by atoms with Crippen LogP contribution in [0.5, 0.6) is 5.75 Å². The molecule has 0 unspecified atom stereocenters. The highest BCUT2D eigenvalue weighted by Crippen LogP contribution is 2.30. The van der Waals surface area contributed by atoms with Crippen molar-refractivity contribution >= 4 is 33.5 Å². The fourth-order valence-corrected chi connectivity index (χ4v) is 2.15. The number of pyridine rings is 1. The number of carboxylic acids is 1. The number of carboxylic acid groups (broad SMARTS) is 1. The number of carbonyl (C=O) groups is 1. The number of hydrogen-bond donors (Lipinski definition) is 1. The first-order valence-electron chi connectivity index (χ1n) is 5.32. The number of hydrogen-bond acceptors (Lipinski definition) is 3. The molecule has 98 valence electrons. The molecular formula is C13H9BrClNO3. The molecule has 1 aromatic carbocycles. The van der Waals surface area contributed by atoms with Crippen molar-refractivity contribution in [1.82, 2.24) is 4.98 Å². The van der Waals surface area contributed by atoms with Gasteiger partial charge in [-0.15, -0.1) is 0 Å². The molecule has 6 heteroatoms. The van der Waals surface area contributed by atoms with E-state index in [9.17, 15) is 4.79 Å². The van der Waals surface area contributed by atoms with E-state index < -0.39 is 5.97 Å². The molecule has 0 saturated carbocycles. The van der Waals surface area contributed by atoms with Crippen LogP contribution in [-0.4, -0.2) is 16.1 Å². The highest BCUT2D eigenvalue weighted by atomic mass is 79.9. The SMILES string of the molecule is O=C(O)c1cccc(Br)c1OCc1ccncc1Cl. The Morgan fingerprint density at radius 2 is 2.21 bits per heavy atom. The normalized spacial score (nSPS) is 10.2. The van der Waals surface area contributed by atoms with Crippen molar-refractivity contribution in [1.29, 1.82) is 0 Å². The highest BCUT2D eigenvalue weighted by molar-refractivity contribution is 9.10. The van der Waals surface area contributed by atoms with Crippen LogP contribution in [-0.2, 0) is 6.61 Å². The van der Waals surface area contributed by atoms with Gasteiger partial charge in [0.15, 0.2) is 0 Å². The number of aromatic carboxylic acids is 1. The second kappa shape index (κ2) is 6.04. The number of nitrogens with zero attached hydrogens (tertiary/aromatic N) is 1. The van der Waals surface area contributed by atoms with Crippen LogP contribution in [0.25, 0.3) is 0 Å². The average Bonchev–Trinajstić information content (AvgIpc) is 2.38. The summed E-state index contributed by atoms with van der Waals surface area (Å²) in [6.07, 6.45) is 3.11. The maximum Gasteiger partial charge on any atom is 0.339 e. The highest BCUT2D eigenvalue weighted by Gasteiger charge is 2.14. The zero-order valence-corrected chi connectivity index (χ0v) is 12.0. The number of para-hydroxylation sites is 1. The Kier molecular flexibility index (Phi) is 4.39. The molecule has 0 aliphatic rings. The van der Waals surface area contributed by atoms with Crippen LogP contribution in [0.1, 0.15) is 15.9 Å². The third-order valence-corrected chi connectivity index (χ3v) is 3.39. The fraction of sp³-hybridized carbons (Fsp3) is 0.0769. The summed E-state index contributed by atoms with van der Waals surface area (Å²) in [7, 11) is 0. The Bertz CT molecular complexity index is 619. The molecule has 0 radical (unpaired) electrons. The monoisotopic (exact) mass is 341 g/mol. The van der Waals surface area contributed by atoms with E-state index in [-0.39, 0.29) is 17.9 Å². The fourth-order valence-electron chi connectivity index (χ4n) is 1.49. The van der Waals surface area contributed by atoms with Gasteiger partial charge in [-0.05, 0) is 34.1 Å². The van der Waals surface area contributed by atoms with E-state index in [1.807, 2.05) is 0 Å². The Morgan fingerprint density at radius 3 is 2.89 bits per heavy atom. The summed E-state index contributed by atoms with van der Waals surface area (Å²) >= 11 is 9.24. The quantitative estimate of drug-likeness (QED) is 0.918. The Morgan fingerprint density at radius 1 is 1.42 bits per heavy atom. The Labute approximate surface area is 123 Å². The molecule has 0 aliphatic heterocycles. The van der Waals surface area contributed by atoms with E-state index in [1.54, 1.807) is 24.4 Å². The molecule has 4 nitrogen and oxygen atoms in total. The topological polar surface area (TPSA) is 59.4 Å². The van der Waals surface area contributed by atoms with E-state index in [0.717, 1.165) is 5.56 Å². The largest absolute Gasteiger partial charge is 0.487 e. The number of rotatable bonds is 4. The number of ether oxygens (including phenoxy) is 1.